The summed E-state index contributed by atoms with van der Waals surface area (Å²) in [6.07, 6.45) is 1.96. The van der Waals surface area contributed by atoms with E-state index in [9.17, 15) is 16.8 Å². The molecule has 0 saturated carbocycles. The lowest BCUT2D eigenvalue weighted by Gasteiger charge is -2.06. The van der Waals surface area contributed by atoms with Crippen molar-refractivity contribution in [3.63, 3.8) is 0 Å². The van der Waals surface area contributed by atoms with E-state index >= 15 is 0 Å². The predicted molar refractivity (Wildman–Crippen MR) is 61.2 cm³/mol. The number of sulfonamides is 2. The highest BCUT2D eigenvalue weighted by Gasteiger charge is 2.06. The van der Waals surface area contributed by atoms with Gasteiger partial charge in [-0.3, -0.25) is 9.44 Å². The SMILES string of the molecule is CS(=O)(=O)Nc1cccc(NS(C)(=O)=O)n1. The topological polar surface area (TPSA) is 105 Å². The van der Waals surface area contributed by atoms with E-state index in [4.69, 9.17) is 0 Å². The Balaban J connectivity index is 2.96. The molecule has 7 nitrogen and oxygen atoms in total. The van der Waals surface area contributed by atoms with E-state index in [-0.39, 0.29) is 11.6 Å². The summed E-state index contributed by atoms with van der Waals surface area (Å²) in [5, 5.41) is 0. The lowest BCUT2D eigenvalue weighted by molar-refractivity contribution is 0.605. The van der Waals surface area contributed by atoms with Crippen LogP contribution in [0.4, 0.5) is 11.6 Å². The van der Waals surface area contributed by atoms with Gasteiger partial charge in [0.05, 0.1) is 12.5 Å². The molecule has 2 N–H and O–H groups in total. The highest BCUT2D eigenvalue weighted by molar-refractivity contribution is 7.92. The monoisotopic (exact) mass is 265 g/mol. The molecule has 0 amide bonds. The van der Waals surface area contributed by atoms with E-state index in [1.54, 1.807) is 0 Å². The van der Waals surface area contributed by atoms with Crippen LogP contribution in [0, 0.1) is 0 Å². The second-order valence-electron chi connectivity index (χ2n) is 3.16. The maximum absolute atomic E-state index is 10.9. The Morgan fingerprint density at radius 1 is 0.938 bits per heavy atom. The van der Waals surface area contributed by atoms with Gasteiger partial charge in [-0.05, 0) is 12.1 Å². The normalized spacial score (nSPS) is 12.1. The van der Waals surface area contributed by atoms with E-state index in [2.05, 4.69) is 14.4 Å². The molecule has 1 aromatic heterocycles. The van der Waals surface area contributed by atoms with Gasteiger partial charge in [0.15, 0.2) is 0 Å². The molecule has 0 radical (unpaired) electrons. The summed E-state index contributed by atoms with van der Waals surface area (Å²) in [5.74, 6) is 0.104. The van der Waals surface area contributed by atoms with E-state index in [0.29, 0.717) is 0 Å². The van der Waals surface area contributed by atoms with Gasteiger partial charge in [0.25, 0.3) is 0 Å². The first-order valence-corrected chi connectivity index (χ1v) is 7.87. The zero-order valence-corrected chi connectivity index (χ0v) is 10.3. The highest BCUT2D eigenvalue weighted by atomic mass is 32.2. The van der Waals surface area contributed by atoms with Crippen LogP contribution in [0.5, 0.6) is 0 Å². The molecule has 1 heterocycles. The Morgan fingerprint density at radius 2 is 1.31 bits per heavy atom. The molecular weight excluding hydrogens is 254 g/mol. The van der Waals surface area contributed by atoms with E-state index < -0.39 is 20.0 Å². The fourth-order valence-corrected chi connectivity index (χ4v) is 1.92. The van der Waals surface area contributed by atoms with Crippen molar-refractivity contribution in [2.24, 2.45) is 0 Å². The van der Waals surface area contributed by atoms with Crippen molar-refractivity contribution in [2.45, 2.75) is 0 Å². The molecule has 0 saturated heterocycles. The second-order valence-corrected chi connectivity index (χ2v) is 6.65. The van der Waals surface area contributed by atoms with Crippen molar-refractivity contribution in [3.8, 4) is 0 Å². The van der Waals surface area contributed by atoms with Gasteiger partial charge in [-0.2, -0.15) is 0 Å². The predicted octanol–water partition coefficient (Wildman–Crippen LogP) is -0.175. The summed E-state index contributed by atoms with van der Waals surface area (Å²) < 4.78 is 47.9. The van der Waals surface area contributed by atoms with Crippen LogP contribution in [-0.2, 0) is 20.0 Å². The van der Waals surface area contributed by atoms with Crippen LogP contribution < -0.4 is 9.44 Å². The molecule has 9 heteroatoms. The maximum atomic E-state index is 10.9. The van der Waals surface area contributed by atoms with Crippen LogP contribution in [0.3, 0.4) is 0 Å². The van der Waals surface area contributed by atoms with Crippen molar-refractivity contribution < 1.29 is 16.8 Å². The zero-order chi connectivity index (χ0) is 12.4. The maximum Gasteiger partial charge on any atom is 0.230 e. The standard InChI is InChI=1S/C7H11N3O4S2/c1-15(11,12)9-6-4-3-5-7(8-6)10-16(2,13)14/h3-5H,1-2H3,(H2,8,9,10). The van der Waals surface area contributed by atoms with Gasteiger partial charge >= 0.3 is 0 Å². The minimum atomic E-state index is -3.43. The first-order valence-electron chi connectivity index (χ1n) is 4.08. The van der Waals surface area contributed by atoms with Gasteiger partial charge in [-0.15, -0.1) is 0 Å². The number of hydrogen-bond donors (Lipinski definition) is 2. The summed E-state index contributed by atoms with van der Waals surface area (Å²) in [4.78, 5) is 3.76. The molecule has 0 spiro atoms. The second kappa shape index (κ2) is 4.26. The quantitative estimate of drug-likeness (QED) is 0.786. The van der Waals surface area contributed by atoms with Crippen molar-refractivity contribution >= 4 is 31.7 Å². The summed E-state index contributed by atoms with van der Waals surface area (Å²) in [7, 11) is -6.85. The van der Waals surface area contributed by atoms with Crippen LogP contribution in [-0.4, -0.2) is 34.3 Å². The van der Waals surface area contributed by atoms with Crippen molar-refractivity contribution in [2.75, 3.05) is 22.0 Å². The zero-order valence-electron chi connectivity index (χ0n) is 8.63. The first kappa shape index (κ1) is 12.7. The van der Waals surface area contributed by atoms with Crippen LogP contribution in [0.1, 0.15) is 0 Å². The fraction of sp³-hybridized carbons (Fsp3) is 0.286. The van der Waals surface area contributed by atoms with Gasteiger partial charge in [0.2, 0.25) is 20.0 Å². The molecule has 0 atom stereocenters. The lowest BCUT2D eigenvalue weighted by atomic mass is 10.4. The molecule has 1 rings (SSSR count). The summed E-state index contributed by atoms with van der Waals surface area (Å²) >= 11 is 0. The Hall–Kier alpha value is -1.35. The number of pyridine rings is 1. The number of aromatic nitrogens is 1. The Morgan fingerprint density at radius 3 is 1.62 bits per heavy atom. The Bertz CT molecular complexity index is 530. The number of hydrogen-bond acceptors (Lipinski definition) is 5. The molecule has 1 aromatic rings. The molecular formula is C7H11N3O4S2. The summed E-state index contributed by atoms with van der Waals surface area (Å²) in [6.45, 7) is 0. The van der Waals surface area contributed by atoms with E-state index in [0.717, 1.165) is 12.5 Å². The average molecular weight is 265 g/mol. The largest absolute Gasteiger partial charge is 0.268 e. The number of nitrogens with one attached hydrogen (secondary N) is 2. The Kier molecular flexibility index (Phi) is 3.38. The molecule has 90 valence electrons. The smallest absolute Gasteiger partial charge is 0.230 e. The van der Waals surface area contributed by atoms with E-state index in [1.165, 1.54) is 18.2 Å². The third-order valence-electron chi connectivity index (χ3n) is 1.33. The van der Waals surface area contributed by atoms with Gasteiger partial charge in [-0.1, -0.05) is 6.07 Å². The van der Waals surface area contributed by atoms with Gasteiger partial charge in [0, 0.05) is 0 Å². The lowest BCUT2D eigenvalue weighted by Crippen LogP contribution is -2.14. The number of nitrogens with zero attached hydrogens (tertiary/aromatic N) is 1. The van der Waals surface area contributed by atoms with Crippen LogP contribution in [0.25, 0.3) is 0 Å². The average Bonchev–Trinajstić information content (AvgIpc) is 1.96. The summed E-state index contributed by atoms with van der Waals surface area (Å²) in [6, 6.07) is 4.30. The summed E-state index contributed by atoms with van der Waals surface area (Å²) in [5.41, 5.74) is 0. The molecule has 0 aliphatic carbocycles. The molecule has 16 heavy (non-hydrogen) atoms. The van der Waals surface area contributed by atoms with Crippen LogP contribution in [0.2, 0.25) is 0 Å². The van der Waals surface area contributed by atoms with E-state index in [1.807, 2.05) is 0 Å². The van der Waals surface area contributed by atoms with Gasteiger partial charge in [0.1, 0.15) is 11.6 Å². The molecule has 0 unspecified atom stereocenters. The molecule has 0 bridgehead atoms. The van der Waals surface area contributed by atoms with Gasteiger partial charge in [-0.25, -0.2) is 21.8 Å². The van der Waals surface area contributed by atoms with Crippen molar-refractivity contribution in [1.82, 2.24) is 4.98 Å². The van der Waals surface area contributed by atoms with Gasteiger partial charge < -0.3 is 0 Å². The fourth-order valence-electron chi connectivity index (χ4n) is 0.928. The molecule has 0 fully saturated rings. The third-order valence-corrected chi connectivity index (χ3v) is 2.49. The molecule has 0 aromatic carbocycles. The minimum Gasteiger partial charge on any atom is -0.268 e. The number of anilines is 2. The van der Waals surface area contributed by atoms with Crippen LogP contribution >= 0.6 is 0 Å². The highest BCUT2D eigenvalue weighted by Crippen LogP contribution is 2.10. The first-order chi connectivity index (χ1) is 7.16. The Labute approximate surface area is 94.0 Å². The molecule has 0 aliphatic rings. The molecule has 0 aliphatic heterocycles. The number of rotatable bonds is 4. The van der Waals surface area contributed by atoms with Crippen molar-refractivity contribution in [1.29, 1.82) is 0 Å². The third kappa shape index (κ3) is 4.94. The van der Waals surface area contributed by atoms with Crippen LogP contribution in [0.15, 0.2) is 18.2 Å². The minimum absolute atomic E-state index is 0.0520. The van der Waals surface area contributed by atoms with Crippen molar-refractivity contribution in [3.05, 3.63) is 18.2 Å².